The van der Waals surface area contributed by atoms with Gasteiger partial charge in [-0.2, -0.15) is 0 Å². The van der Waals surface area contributed by atoms with E-state index in [0.717, 1.165) is 44.5 Å². The van der Waals surface area contributed by atoms with Gasteiger partial charge in [0, 0.05) is 5.54 Å². The second-order valence-corrected chi connectivity index (χ2v) is 8.72. The Morgan fingerprint density at radius 3 is 2.67 bits per heavy atom. The van der Waals surface area contributed by atoms with Crippen molar-refractivity contribution in [2.75, 3.05) is 13.2 Å². The molecule has 0 saturated heterocycles. The molecule has 3 N–H and O–H groups in total. The topological polar surface area (TPSA) is 55.5 Å². The van der Waals surface area contributed by atoms with E-state index in [-0.39, 0.29) is 12.1 Å². The molecule has 1 saturated carbocycles. The zero-order valence-corrected chi connectivity index (χ0v) is 16.3. The molecule has 2 aliphatic carbocycles. The molecule has 1 fully saturated rings. The summed E-state index contributed by atoms with van der Waals surface area (Å²) in [6.45, 7) is 2.98. The predicted molar refractivity (Wildman–Crippen MR) is 109 cm³/mol. The fraction of sp³-hybridized carbons (Fsp3) is 0.500. The first-order chi connectivity index (χ1) is 13.0. The Morgan fingerprint density at radius 2 is 1.93 bits per heavy atom. The lowest BCUT2D eigenvalue weighted by molar-refractivity contribution is 0.198. The summed E-state index contributed by atoms with van der Waals surface area (Å²) in [5.74, 6) is 2.05. The number of aliphatic hydroxyl groups is 1. The summed E-state index contributed by atoms with van der Waals surface area (Å²) in [6, 6.07) is 15.3. The van der Waals surface area contributed by atoms with Gasteiger partial charge in [0.1, 0.15) is 5.75 Å². The van der Waals surface area contributed by atoms with Crippen LogP contribution in [-0.4, -0.2) is 23.9 Å². The molecule has 0 aromatic heterocycles. The minimum absolute atomic E-state index is 0.0943. The van der Waals surface area contributed by atoms with Crippen LogP contribution in [0, 0.1) is 12.8 Å². The van der Waals surface area contributed by atoms with Gasteiger partial charge >= 0.3 is 0 Å². The molecule has 3 nitrogen and oxygen atoms in total. The molecular formula is C24H31NO2. The van der Waals surface area contributed by atoms with Gasteiger partial charge in [0.15, 0.2) is 0 Å². The number of aryl methyl sites for hydroxylation is 2. The molecule has 2 aliphatic rings. The maximum atomic E-state index is 9.52. The van der Waals surface area contributed by atoms with Crippen LogP contribution in [0.15, 0.2) is 42.5 Å². The minimum atomic E-state index is -0.376. The molecule has 2 aromatic carbocycles. The van der Waals surface area contributed by atoms with Gasteiger partial charge in [-0.15, -0.1) is 0 Å². The Balaban J connectivity index is 1.37. The highest BCUT2D eigenvalue weighted by molar-refractivity contribution is 5.36. The van der Waals surface area contributed by atoms with Gasteiger partial charge in [0.25, 0.3) is 0 Å². The van der Waals surface area contributed by atoms with Gasteiger partial charge in [-0.05, 0) is 86.1 Å². The number of hydrogen-bond donors (Lipinski definition) is 2. The molecule has 0 spiro atoms. The van der Waals surface area contributed by atoms with Gasteiger partial charge in [0.2, 0.25) is 0 Å². The number of aliphatic hydroxyl groups excluding tert-OH is 1. The Labute approximate surface area is 162 Å². The highest BCUT2D eigenvalue weighted by Gasteiger charge is 2.36. The van der Waals surface area contributed by atoms with Crippen LogP contribution in [-0.2, 0) is 12.8 Å². The highest BCUT2D eigenvalue weighted by Crippen LogP contribution is 2.40. The number of nitrogens with two attached hydrogens (primary N) is 1. The summed E-state index contributed by atoms with van der Waals surface area (Å²) in [5.41, 5.74) is 11.5. The maximum Gasteiger partial charge on any atom is 0.119 e. The molecule has 2 aromatic rings. The van der Waals surface area contributed by atoms with Crippen molar-refractivity contribution < 1.29 is 9.84 Å². The van der Waals surface area contributed by atoms with Crippen LogP contribution in [0.2, 0.25) is 0 Å². The van der Waals surface area contributed by atoms with Crippen LogP contribution in [0.4, 0.5) is 0 Å². The van der Waals surface area contributed by atoms with Crippen molar-refractivity contribution in [2.24, 2.45) is 11.7 Å². The number of benzene rings is 2. The second-order valence-electron chi connectivity index (χ2n) is 8.72. The van der Waals surface area contributed by atoms with E-state index in [9.17, 15) is 5.11 Å². The van der Waals surface area contributed by atoms with E-state index in [4.69, 9.17) is 10.5 Å². The fourth-order valence-corrected chi connectivity index (χ4v) is 4.68. The molecule has 0 unspecified atom stereocenters. The van der Waals surface area contributed by atoms with Crippen LogP contribution in [0.1, 0.15) is 53.9 Å². The highest BCUT2D eigenvalue weighted by atomic mass is 16.5. The molecule has 0 heterocycles. The summed E-state index contributed by atoms with van der Waals surface area (Å²) >= 11 is 0. The Bertz CT molecular complexity index is 785. The monoisotopic (exact) mass is 365 g/mol. The lowest BCUT2D eigenvalue weighted by Gasteiger charge is -2.26. The summed E-state index contributed by atoms with van der Waals surface area (Å²) in [6.07, 6.45) is 6.32. The third-order valence-corrected chi connectivity index (χ3v) is 6.50. The largest absolute Gasteiger partial charge is 0.493 e. The van der Waals surface area contributed by atoms with Crippen LogP contribution in [0.25, 0.3) is 0 Å². The maximum absolute atomic E-state index is 9.52. The molecule has 4 rings (SSSR count). The van der Waals surface area contributed by atoms with E-state index in [1.807, 2.05) is 0 Å². The zero-order valence-electron chi connectivity index (χ0n) is 16.3. The first-order valence-corrected chi connectivity index (χ1v) is 10.3. The van der Waals surface area contributed by atoms with Gasteiger partial charge in [-0.25, -0.2) is 0 Å². The van der Waals surface area contributed by atoms with Crippen molar-refractivity contribution >= 4 is 0 Å². The van der Waals surface area contributed by atoms with Crippen molar-refractivity contribution in [3.63, 3.8) is 0 Å². The first-order valence-electron chi connectivity index (χ1n) is 10.3. The van der Waals surface area contributed by atoms with E-state index in [2.05, 4.69) is 49.4 Å². The van der Waals surface area contributed by atoms with Crippen molar-refractivity contribution in [2.45, 2.75) is 56.9 Å². The lowest BCUT2D eigenvalue weighted by Crippen LogP contribution is -2.40. The van der Waals surface area contributed by atoms with E-state index in [1.165, 1.54) is 28.7 Å². The van der Waals surface area contributed by atoms with E-state index in [0.29, 0.717) is 11.8 Å². The molecule has 0 radical (unpaired) electrons. The van der Waals surface area contributed by atoms with Gasteiger partial charge < -0.3 is 15.6 Å². The van der Waals surface area contributed by atoms with E-state index >= 15 is 0 Å². The van der Waals surface area contributed by atoms with Crippen molar-refractivity contribution in [3.05, 3.63) is 64.7 Å². The molecular weight excluding hydrogens is 334 g/mol. The Hall–Kier alpha value is -1.84. The number of rotatable bonds is 5. The molecule has 0 amide bonds. The van der Waals surface area contributed by atoms with Crippen LogP contribution < -0.4 is 10.5 Å². The van der Waals surface area contributed by atoms with Gasteiger partial charge in [-0.1, -0.05) is 35.9 Å². The summed E-state index contributed by atoms with van der Waals surface area (Å²) in [7, 11) is 0. The third kappa shape index (κ3) is 4.20. The van der Waals surface area contributed by atoms with Crippen molar-refractivity contribution in [3.8, 4) is 5.75 Å². The quantitative estimate of drug-likeness (QED) is 0.837. The average molecular weight is 366 g/mol. The SMILES string of the molecule is Cc1ccc(OC[C@H]2CCc3cc([C@H]4CC[C@](N)(CO)C4)ccc3C2)cc1. The first kappa shape index (κ1) is 18.5. The smallest absolute Gasteiger partial charge is 0.119 e. The van der Waals surface area contributed by atoms with Gasteiger partial charge in [-0.3, -0.25) is 0 Å². The Morgan fingerprint density at radius 1 is 1.11 bits per heavy atom. The lowest BCUT2D eigenvalue weighted by atomic mass is 9.82. The van der Waals surface area contributed by atoms with E-state index < -0.39 is 0 Å². The Kier molecular flexibility index (Phi) is 5.25. The summed E-state index contributed by atoms with van der Waals surface area (Å²) < 4.78 is 6.02. The number of hydrogen-bond acceptors (Lipinski definition) is 3. The van der Waals surface area contributed by atoms with Crippen LogP contribution in [0.5, 0.6) is 5.75 Å². The number of fused-ring (bicyclic) bond motifs is 1. The zero-order chi connectivity index (χ0) is 18.9. The second kappa shape index (κ2) is 7.65. The molecule has 144 valence electrons. The van der Waals surface area contributed by atoms with Crippen LogP contribution >= 0.6 is 0 Å². The molecule has 0 bridgehead atoms. The average Bonchev–Trinajstić information content (AvgIpc) is 3.10. The van der Waals surface area contributed by atoms with Crippen molar-refractivity contribution in [1.82, 2.24) is 0 Å². The molecule has 27 heavy (non-hydrogen) atoms. The standard InChI is InChI=1S/C24H31NO2/c1-17-2-8-23(9-3-17)27-15-18-4-5-20-13-21(7-6-19(20)12-18)22-10-11-24(25,14-22)16-26/h2-3,6-9,13,18,22,26H,4-5,10-12,14-16,25H2,1H3/t18-,22-,24+/m0/s1. The normalized spacial score (nSPS) is 27.4. The summed E-state index contributed by atoms with van der Waals surface area (Å²) in [5, 5.41) is 9.52. The van der Waals surface area contributed by atoms with Crippen molar-refractivity contribution in [1.29, 1.82) is 0 Å². The molecule has 0 aliphatic heterocycles. The fourth-order valence-electron chi connectivity index (χ4n) is 4.68. The molecule has 3 heteroatoms. The number of ether oxygens (including phenoxy) is 1. The molecule has 3 atom stereocenters. The van der Waals surface area contributed by atoms with Gasteiger partial charge in [0.05, 0.1) is 13.2 Å². The van der Waals surface area contributed by atoms with Crippen LogP contribution in [0.3, 0.4) is 0 Å². The minimum Gasteiger partial charge on any atom is -0.493 e. The predicted octanol–water partition coefficient (Wildman–Crippen LogP) is 4.14. The van der Waals surface area contributed by atoms with E-state index in [1.54, 1.807) is 0 Å². The third-order valence-electron chi connectivity index (χ3n) is 6.50. The summed E-state index contributed by atoms with van der Waals surface area (Å²) in [4.78, 5) is 0.